The first-order chi connectivity index (χ1) is 11.9. The zero-order valence-electron chi connectivity index (χ0n) is 13.9. The molecule has 0 saturated heterocycles. The number of rotatable bonds is 0. The standard InChI is InChI=1S/C20H24S4/c1-2-18-4-3-17(1)13-21-9-10-23-15-19-5-7-20(8-6-19)16-24-12-11-22-14-18/h1-8H,9-16H2. The fourth-order valence-corrected chi connectivity index (χ4v) is 6.63. The van der Waals surface area contributed by atoms with Gasteiger partial charge in [0.05, 0.1) is 0 Å². The van der Waals surface area contributed by atoms with Crippen molar-refractivity contribution in [3.05, 3.63) is 70.8 Å². The van der Waals surface area contributed by atoms with E-state index in [1.165, 1.54) is 45.3 Å². The Morgan fingerprint density at radius 2 is 0.583 bits per heavy atom. The smallest absolute Gasteiger partial charge is 0.0184 e. The summed E-state index contributed by atoms with van der Waals surface area (Å²) in [7, 11) is 0. The molecular weight excluding hydrogens is 368 g/mol. The van der Waals surface area contributed by atoms with Crippen LogP contribution in [0.1, 0.15) is 22.3 Å². The van der Waals surface area contributed by atoms with E-state index in [4.69, 9.17) is 0 Å². The van der Waals surface area contributed by atoms with E-state index in [2.05, 4.69) is 95.6 Å². The molecule has 0 radical (unpaired) electrons. The molecule has 0 aromatic heterocycles. The lowest BCUT2D eigenvalue weighted by Gasteiger charge is -2.07. The van der Waals surface area contributed by atoms with E-state index in [1.807, 2.05) is 0 Å². The Labute approximate surface area is 163 Å². The molecule has 0 spiro atoms. The Bertz CT molecular complexity index is 483. The Morgan fingerprint density at radius 1 is 0.375 bits per heavy atom. The van der Waals surface area contributed by atoms with Gasteiger partial charge in [0, 0.05) is 46.0 Å². The van der Waals surface area contributed by atoms with Crippen molar-refractivity contribution < 1.29 is 0 Å². The monoisotopic (exact) mass is 392 g/mol. The van der Waals surface area contributed by atoms with Crippen molar-refractivity contribution in [2.75, 3.05) is 23.0 Å². The molecular formula is C20H24S4. The highest BCUT2D eigenvalue weighted by Crippen LogP contribution is 2.21. The maximum atomic E-state index is 2.31. The number of hydrogen-bond acceptors (Lipinski definition) is 4. The van der Waals surface area contributed by atoms with E-state index < -0.39 is 0 Å². The van der Waals surface area contributed by atoms with Gasteiger partial charge < -0.3 is 0 Å². The van der Waals surface area contributed by atoms with Gasteiger partial charge in [-0.25, -0.2) is 0 Å². The lowest BCUT2D eigenvalue weighted by Crippen LogP contribution is -1.92. The minimum atomic E-state index is 1.14. The number of benzene rings is 2. The molecule has 4 heteroatoms. The summed E-state index contributed by atoms with van der Waals surface area (Å²) in [4.78, 5) is 0. The highest BCUT2D eigenvalue weighted by atomic mass is 32.2. The third-order valence-electron chi connectivity index (χ3n) is 3.86. The Balaban J connectivity index is 1.55. The topological polar surface area (TPSA) is 0 Å². The first-order valence-electron chi connectivity index (χ1n) is 8.37. The molecule has 4 aliphatic heterocycles. The normalized spacial score (nSPS) is 17.7. The van der Waals surface area contributed by atoms with Crippen LogP contribution in [0.3, 0.4) is 0 Å². The van der Waals surface area contributed by atoms with Gasteiger partial charge in [-0.15, -0.1) is 0 Å². The van der Waals surface area contributed by atoms with Gasteiger partial charge in [-0.05, 0) is 22.3 Å². The Kier molecular flexibility index (Phi) is 8.34. The summed E-state index contributed by atoms with van der Waals surface area (Å²) in [5.41, 5.74) is 5.83. The predicted molar refractivity (Wildman–Crippen MR) is 118 cm³/mol. The van der Waals surface area contributed by atoms with Gasteiger partial charge in [0.25, 0.3) is 0 Å². The quantitative estimate of drug-likeness (QED) is 0.513. The van der Waals surface area contributed by atoms with Crippen LogP contribution in [0.15, 0.2) is 48.5 Å². The summed E-state index contributed by atoms with van der Waals surface area (Å²) in [6, 6.07) is 18.5. The van der Waals surface area contributed by atoms with Crippen LogP contribution in [-0.2, 0) is 23.0 Å². The van der Waals surface area contributed by atoms with Crippen molar-refractivity contribution >= 4 is 47.0 Å². The van der Waals surface area contributed by atoms with Gasteiger partial charge in [-0.3, -0.25) is 0 Å². The maximum absolute atomic E-state index is 2.31. The molecule has 4 bridgehead atoms. The highest BCUT2D eigenvalue weighted by molar-refractivity contribution is 8.02. The van der Waals surface area contributed by atoms with E-state index in [0.717, 1.165) is 23.0 Å². The SMILES string of the molecule is c1cc2ccc1CSCCSCc1ccc(cc1)CSCCSC2. The fourth-order valence-electron chi connectivity index (χ4n) is 2.46. The van der Waals surface area contributed by atoms with Gasteiger partial charge in [0.1, 0.15) is 0 Å². The highest BCUT2D eigenvalue weighted by Gasteiger charge is 2.00. The van der Waals surface area contributed by atoms with Gasteiger partial charge >= 0.3 is 0 Å². The van der Waals surface area contributed by atoms with Crippen molar-refractivity contribution in [2.45, 2.75) is 23.0 Å². The largest absolute Gasteiger partial charge is 0.156 e. The van der Waals surface area contributed by atoms with Crippen LogP contribution in [0.25, 0.3) is 0 Å². The lowest BCUT2D eigenvalue weighted by atomic mass is 10.2. The van der Waals surface area contributed by atoms with Crippen molar-refractivity contribution in [1.82, 2.24) is 0 Å². The van der Waals surface area contributed by atoms with E-state index in [0.29, 0.717) is 0 Å². The van der Waals surface area contributed by atoms with Crippen LogP contribution < -0.4 is 0 Å². The number of thioether (sulfide) groups is 4. The number of hydrogen-bond donors (Lipinski definition) is 0. The average Bonchev–Trinajstić information content (AvgIpc) is 2.62. The van der Waals surface area contributed by atoms with Crippen LogP contribution in [-0.4, -0.2) is 23.0 Å². The van der Waals surface area contributed by atoms with Crippen LogP contribution in [0.4, 0.5) is 0 Å². The second-order valence-corrected chi connectivity index (χ2v) is 10.3. The Morgan fingerprint density at radius 3 is 0.792 bits per heavy atom. The zero-order chi connectivity index (χ0) is 16.5. The molecule has 0 N–H and O–H groups in total. The van der Waals surface area contributed by atoms with Crippen LogP contribution in [0.5, 0.6) is 0 Å². The summed E-state index contributed by atoms with van der Waals surface area (Å²) < 4.78 is 0. The molecule has 0 fully saturated rings. The first-order valence-corrected chi connectivity index (χ1v) is 13.0. The van der Waals surface area contributed by atoms with E-state index >= 15 is 0 Å². The molecule has 0 saturated carbocycles. The van der Waals surface area contributed by atoms with Gasteiger partial charge in [0.2, 0.25) is 0 Å². The van der Waals surface area contributed by atoms with Crippen molar-refractivity contribution in [3.63, 3.8) is 0 Å². The molecule has 2 aromatic rings. The molecule has 0 aliphatic carbocycles. The molecule has 0 atom stereocenters. The zero-order valence-corrected chi connectivity index (χ0v) is 17.2. The summed E-state index contributed by atoms with van der Waals surface area (Å²) >= 11 is 8.21. The van der Waals surface area contributed by atoms with Gasteiger partial charge in [-0.2, -0.15) is 47.0 Å². The van der Waals surface area contributed by atoms with Crippen LogP contribution >= 0.6 is 47.0 Å². The van der Waals surface area contributed by atoms with Gasteiger partial charge in [-0.1, -0.05) is 48.5 Å². The maximum Gasteiger partial charge on any atom is 0.0184 e. The third-order valence-corrected chi connectivity index (χ3v) is 8.50. The lowest BCUT2D eigenvalue weighted by molar-refractivity contribution is 1.32. The second kappa shape index (κ2) is 10.7. The molecule has 0 amide bonds. The summed E-state index contributed by atoms with van der Waals surface area (Å²) in [5.74, 6) is 9.49. The molecule has 6 rings (SSSR count). The molecule has 2 aromatic carbocycles. The Hall–Kier alpha value is -0.160. The van der Waals surface area contributed by atoms with E-state index in [-0.39, 0.29) is 0 Å². The first kappa shape index (κ1) is 18.6. The molecule has 4 aliphatic rings. The second-order valence-electron chi connectivity index (χ2n) is 5.84. The molecule has 128 valence electrons. The van der Waals surface area contributed by atoms with Crippen LogP contribution in [0.2, 0.25) is 0 Å². The molecule has 24 heavy (non-hydrogen) atoms. The van der Waals surface area contributed by atoms with Crippen LogP contribution in [0, 0.1) is 0 Å². The third kappa shape index (κ3) is 6.62. The summed E-state index contributed by atoms with van der Waals surface area (Å²) in [6.45, 7) is 0. The predicted octanol–water partition coefficient (Wildman–Crippen LogP) is 6.33. The molecule has 0 nitrogen and oxygen atoms in total. The van der Waals surface area contributed by atoms with Gasteiger partial charge in [0.15, 0.2) is 0 Å². The molecule has 0 unspecified atom stereocenters. The fraction of sp³-hybridized carbons (Fsp3) is 0.400. The minimum Gasteiger partial charge on any atom is -0.156 e. The van der Waals surface area contributed by atoms with E-state index in [1.54, 1.807) is 0 Å². The summed E-state index contributed by atoms with van der Waals surface area (Å²) in [6.07, 6.45) is 0. The average molecular weight is 393 g/mol. The van der Waals surface area contributed by atoms with Crippen molar-refractivity contribution in [2.24, 2.45) is 0 Å². The van der Waals surface area contributed by atoms with E-state index in [9.17, 15) is 0 Å². The minimum absolute atomic E-state index is 1.14. The van der Waals surface area contributed by atoms with Crippen molar-refractivity contribution in [1.29, 1.82) is 0 Å². The molecule has 4 heterocycles. The van der Waals surface area contributed by atoms with Crippen molar-refractivity contribution in [3.8, 4) is 0 Å². The summed E-state index contributed by atoms with van der Waals surface area (Å²) in [5, 5.41) is 0.